The SMILES string of the molecule is O=C(N[C@H](COP(=O)(O)O)[C@H](O)c1ccc([N+](=O)[O-])cc1)C(Cl)Cl. The van der Waals surface area contributed by atoms with Gasteiger partial charge in [0.2, 0.25) is 0 Å². The van der Waals surface area contributed by atoms with Gasteiger partial charge in [-0.2, -0.15) is 0 Å². The summed E-state index contributed by atoms with van der Waals surface area (Å²) in [6.07, 6.45) is -1.49. The maximum Gasteiger partial charge on any atom is 0.469 e. The zero-order valence-electron chi connectivity index (χ0n) is 11.8. The van der Waals surface area contributed by atoms with Gasteiger partial charge >= 0.3 is 7.82 Å². The van der Waals surface area contributed by atoms with E-state index < -0.39 is 42.2 Å². The number of nitro benzene ring substituents is 1. The van der Waals surface area contributed by atoms with Crippen LogP contribution in [-0.4, -0.2) is 43.2 Å². The van der Waals surface area contributed by atoms with E-state index >= 15 is 0 Å². The summed E-state index contributed by atoms with van der Waals surface area (Å²) in [6.45, 7) is -0.755. The van der Waals surface area contributed by atoms with Crippen LogP contribution in [0.3, 0.4) is 0 Å². The minimum atomic E-state index is -4.86. The summed E-state index contributed by atoms with van der Waals surface area (Å²) in [6, 6.07) is 3.36. The molecule has 0 heterocycles. The van der Waals surface area contributed by atoms with E-state index in [0.717, 1.165) is 12.1 Å². The zero-order chi connectivity index (χ0) is 18.5. The highest BCUT2D eigenvalue weighted by Crippen LogP contribution is 2.36. The lowest BCUT2D eigenvalue weighted by Gasteiger charge is -2.24. The number of nitrogens with one attached hydrogen (secondary N) is 1. The zero-order valence-corrected chi connectivity index (χ0v) is 14.2. The van der Waals surface area contributed by atoms with Gasteiger partial charge < -0.3 is 20.2 Å². The van der Waals surface area contributed by atoms with E-state index in [0.29, 0.717) is 0 Å². The molecule has 0 aliphatic rings. The number of carbonyl (C=O) groups is 1. The van der Waals surface area contributed by atoms with Crippen molar-refractivity contribution in [3.63, 3.8) is 0 Å². The number of phosphoric ester groups is 1. The molecule has 10 nitrogen and oxygen atoms in total. The molecule has 1 aromatic carbocycles. The topological polar surface area (TPSA) is 159 Å². The monoisotopic (exact) mass is 402 g/mol. The van der Waals surface area contributed by atoms with Crippen LogP contribution in [0, 0.1) is 10.1 Å². The van der Waals surface area contributed by atoms with Crippen molar-refractivity contribution < 1.29 is 33.7 Å². The fourth-order valence-corrected chi connectivity index (χ4v) is 2.14. The van der Waals surface area contributed by atoms with Crippen LogP contribution in [0.5, 0.6) is 0 Å². The Morgan fingerprint density at radius 1 is 1.33 bits per heavy atom. The van der Waals surface area contributed by atoms with E-state index in [-0.39, 0.29) is 11.3 Å². The van der Waals surface area contributed by atoms with E-state index in [4.69, 9.17) is 33.0 Å². The molecule has 0 aliphatic carbocycles. The smallest absolute Gasteiger partial charge is 0.386 e. The molecule has 1 aromatic rings. The molecular weight excluding hydrogens is 390 g/mol. The molecule has 0 aliphatic heterocycles. The molecular formula is C11H13Cl2N2O8P. The molecule has 0 saturated carbocycles. The quantitative estimate of drug-likeness (QED) is 0.217. The average Bonchev–Trinajstić information content (AvgIpc) is 2.49. The Morgan fingerprint density at radius 2 is 1.88 bits per heavy atom. The predicted octanol–water partition coefficient (Wildman–Crippen LogP) is 1.03. The van der Waals surface area contributed by atoms with Gasteiger partial charge in [-0.3, -0.25) is 19.4 Å². The Kier molecular flexibility index (Phi) is 7.56. The Labute approximate surface area is 145 Å². The maximum absolute atomic E-state index is 11.5. The van der Waals surface area contributed by atoms with Crippen molar-refractivity contribution >= 4 is 42.6 Å². The molecule has 0 bridgehead atoms. The molecule has 24 heavy (non-hydrogen) atoms. The number of carbonyl (C=O) groups excluding carboxylic acids is 1. The first-order valence-electron chi connectivity index (χ1n) is 6.22. The van der Waals surface area contributed by atoms with Gasteiger partial charge in [-0.05, 0) is 17.7 Å². The van der Waals surface area contributed by atoms with Gasteiger partial charge in [-0.1, -0.05) is 23.2 Å². The van der Waals surface area contributed by atoms with Gasteiger partial charge in [0.05, 0.1) is 17.6 Å². The van der Waals surface area contributed by atoms with Crippen LogP contribution in [0.4, 0.5) is 5.69 Å². The molecule has 0 fully saturated rings. The van der Waals surface area contributed by atoms with Crippen molar-refractivity contribution in [2.45, 2.75) is 17.0 Å². The molecule has 2 atom stereocenters. The van der Waals surface area contributed by atoms with Crippen LogP contribution in [0.15, 0.2) is 24.3 Å². The van der Waals surface area contributed by atoms with E-state index in [1.807, 2.05) is 0 Å². The van der Waals surface area contributed by atoms with E-state index in [9.17, 15) is 24.6 Å². The number of alkyl halides is 2. The Balaban J connectivity index is 2.96. The third-order valence-electron chi connectivity index (χ3n) is 2.77. The standard InChI is InChI=1S/C11H13Cl2N2O8P/c12-10(13)11(17)14-8(5-23-24(20,21)22)9(16)6-1-3-7(4-2-6)15(18)19/h1-4,8-10,16H,5H2,(H,14,17)(H2,20,21,22)/t8-,9-/m1/s1. The van der Waals surface area contributed by atoms with Gasteiger partial charge in [-0.25, -0.2) is 4.57 Å². The normalized spacial score (nSPS) is 14.2. The number of aliphatic hydroxyl groups is 1. The minimum absolute atomic E-state index is 0.140. The van der Waals surface area contributed by atoms with Crippen LogP contribution in [0.2, 0.25) is 0 Å². The van der Waals surface area contributed by atoms with E-state index in [1.54, 1.807) is 0 Å². The lowest BCUT2D eigenvalue weighted by Crippen LogP contribution is -2.44. The molecule has 0 radical (unpaired) electrons. The van der Waals surface area contributed by atoms with Gasteiger partial charge in [0.25, 0.3) is 11.6 Å². The molecule has 4 N–H and O–H groups in total. The highest BCUT2D eigenvalue weighted by molar-refractivity contribution is 7.46. The summed E-state index contributed by atoms with van der Waals surface area (Å²) < 4.78 is 15.1. The second kappa shape index (κ2) is 8.72. The first kappa shape index (κ1) is 20.8. The molecule has 0 unspecified atom stereocenters. The second-order valence-corrected chi connectivity index (χ2v) is 6.83. The summed E-state index contributed by atoms with van der Waals surface area (Å²) in [7, 11) is -4.86. The third kappa shape index (κ3) is 6.70. The lowest BCUT2D eigenvalue weighted by molar-refractivity contribution is -0.384. The van der Waals surface area contributed by atoms with Crippen LogP contribution < -0.4 is 5.32 Å². The van der Waals surface area contributed by atoms with Crippen LogP contribution in [0.1, 0.15) is 11.7 Å². The number of halogens is 2. The Morgan fingerprint density at radius 3 is 2.29 bits per heavy atom. The molecule has 1 amide bonds. The number of benzene rings is 1. The van der Waals surface area contributed by atoms with Gasteiger partial charge in [0.15, 0.2) is 4.84 Å². The first-order valence-corrected chi connectivity index (χ1v) is 8.62. The number of rotatable bonds is 8. The molecule has 0 aromatic heterocycles. The van der Waals surface area contributed by atoms with Gasteiger partial charge in [-0.15, -0.1) is 0 Å². The summed E-state index contributed by atoms with van der Waals surface area (Å²) in [5.74, 6) is -0.918. The molecule has 0 saturated heterocycles. The maximum atomic E-state index is 11.5. The lowest BCUT2D eigenvalue weighted by atomic mass is 10.0. The summed E-state index contributed by atoms with van der Waals surface area (Å²) in [5, 5.41) is 23.0. The third-order valence-corrected chi connectivity index (χ3v) is 3.66. The number of non-ortho nitro benzene ring substituents is 1. The minimum Gasteiger partial charge on any atom is -0.386 e. The number of hydrogen-bond donors (Lipinski definition) is 4. The van der Waals surface area contributed by atoms with E-state index in [2.05, 4.69) is 9.84 Å². The number of amides is 1. The fourth-order valence-electron chi connectivity index (χ4n) is 1.66. The van der Waals surface area contributed by atoms with Crippen LogP contribution in [0.25, 0.3) is 0 Å². The summed E-state index contributed by atoms with van der Waals surface area (Å²) in [5.41, 5.74) is -0.0829. The molecule has 134 valence electrons. The second-order valence-electron chi connectivity index (χ2n) is 4.50. The highest BCUT2D eigenvalue weighted by Gasteiger charge is 2.28. The number of phosphoric acid groups is 1. The average molecular weight is 403 g/mol. The number of nitrogens with zero attached hydrogens (tertiary/aromatic N) is 1. The first-order chi connectivity index (χ1) is 11.0. The van der Waals surface area contributed by atoms with Crippen molar-refractivity contribution in [2.75, 3.05) is 6.61 Å². The van der Waals surface area contributed by atoms with Crippen LogP contribution in [-0.2, 0) is 13.9 Å². The van der Waals surface area contributed by atoms with Crippen molar-refractivity contribution in [1.29, 1.82) is 0 Å². The van der Waals surface area contributed by atoms with Gasteiger partial charge in [0.1, 0.15) is 6.10 Å². The number of nitro groups is 1. The predicted molar refractivity (Wildman–Crippen MR) is 83.5 cm³/mol. The van der Waals surface area contributed by atoms with Gasteiger partial charge in [0, 0.05) is 12.1 Å². The molecule has 0 spiro atoms. The number of aliphatic hydroxyl groups excluding tert-OH is 1. The highest BCUT2D eigenvalue weighted by atomic mass is 35.5. The Bertz CT molecular complexity index is 635. The molecule has 13 heteroatoms. The fraction of sp³-hybridized carbons (Fsp3) is 0.364. The Hall–Kier alpha value is -1.26. The van der Waals surface area contributed by atoms with E-state index in [1.165, 1.54) is 12.1 Å². The van der Waals surface area contributed by atoms with Crippen molar-refractivity contribution in [1.82, 2.24) is 5.32 Å². The summed E-state index contributed by atoms with van der Waals surface area (Å²) >= 11 is 10.7. The summed E-state index contributed by atoms with van der Waals surface area (Å²) in [4.78, 5) is 37.5. The molecule has 1 rings (SSSR count). The van der Waals surface area contributed by atoms with Crippen molar-refractivity contribution in [3.8, 4) is 0 Å². The number of hydrogen-bond acceptors (Lipinski definition) is 6. The van der Waals surface area contributed by atoms with Crippen molar-refractivity contribution in [2.24, 2.45) is 0 Å². The largest absolute Gasteiger partial charge is 0.469 e. The van der Waals surface area contributed by atoms with Crippen LogP contribution >= 0.6 is 31.0 Å². The van der Waals surface area contributed by atoms with Crippen molar-refractivity contribution in [3.05, 3.63) is 39.9 Å².